The quantitative estimate of drug-likeness (QED) is 0.367. The fraction of sp³-hybridized carbons (Fsp3) is 0.400. The first kappa shape index (κ1) is 26.0. The number of amides is 2. The van der Waals surface area contributed by atoms with Crippen LogP contribution in [0.2, 0.25) is 0 Å². The molecule has 36 heavy (non-hydrogen) atoms. The van der Waals surface area contributed by atoms with Gasteiger partial charge in [-0.25, -0.2) is 0 Å². The van der Waals surface area contributed by atoms with E-state index in [1.54, 1.807) is 16.2 Å². The van der Waals surface area contributed by atoms with Crippen molar-refractivity contribution in [1.82, 2.24) is 9.80 Å². The highest BCUT2D eigenvalue weighted by atomic mass is 32.1. The average Bonchev–Trinajstić information content (AvgIpc) is 3.35. The summed E-state index contributed by atoms with van der Waals surface area (Å²) in [5, 5.41) is 2.09. The van der Waals surface area contributed by atoms with Gasteiger partial charge in [-0.2, -0.15) is 0 Å². The van der Waals surface area contributed by atoms with E-state index in [2.05, 4.69) is 37.4 Å². The molecule has 0 unspecified atom stereocenters. The van der Waals surface area contributed by atoms with Crippen LogP contribution in [-0.2, 0) is 22.4 Å². The Labute approximate surface area is 218 Å². The molecular formula is C30H36N2O3S. The SMILES string of the molecule is CC(C)c1ccc(OC[C@@H]2c3ccsc3CCN2C(=O)CN(C(=O)Cc2ccccc2)C(C)C)cc1. The zero-order valence-corrected chi connectivity index (χ0v) is 22.5. The van der Waals surface area contributed by atoms with Crippen LogP contribution in [-0.4, -0.2) is 47.4 Å². The van der Waals surface area contributed by atoms with Gasteiger partial charge >= 0.3 is 0 Å². The summed E-state index contributed by atoms with van der Waals surface area (Å²) in [6.07, 6.45) is 1.12. The topological polar surface area (TPSA) is 49.9 Å². The van der Waals surface area contributed by atoms with Gasteiger partial charge in [0.1, 0.15) is 18.9 Å². The lowest BCUT2D eigenvalue weighted by Crippen LogP contribution is -2.49. The molecular weight excluding hydrogens is 468 g/mol. The standard InChI is InChI=1S/C30H36N2O3S/c1-21(2)24-10-12-25(13-11-24)35-20-27-26-15-17-36-28(26)14-16-31(27)30(34)19-32(22(3)4)29(33)18-23-8-6-5-7-9-23/h5-13,15,17,21-22,27H,14,16,18-20H2,1-4H3/t27-/m1/s1. The van der Waals surface area contributed by atoms with E-state index in [1.165, 1.54) is 10.4 Å². The number of fused-ring (bicyclic) bond motifs is 1. The van der Waals surface area contributed by atoms with Crippen LogP contribution in [0.4, 0.5) is 0 Å². The van der Waals surface area contributed by atoms with Crippen molar-refractivity contribution in [1.29, 1.82) is 0 Å². The number of ether oxygens (including phenoxy) is 1. The molecule has 190 valence electrons. The summed E-state index contributed by atoms with van der Waals surface area (Å²) < 4.78 is 6.20. The summed E-state index contributed by atoms with van der Waals surface area (Å²) >= 11 is 1.74. The molecule has 1 aliphatic rings. The minimum absolute atomic E-state index is 0.0316. The predicted octanol–water partition coefficient (Wildman–Crippen LogP) is 5.86. The first-order chi connectivity index (χ1) is 17.3. The lowest BCUT2D eigenvalue weighted by atomic mass is 10.00. The highest BCUT2D eigenvalue weighted by Crippen LogP contribution is 2.34. The second-order valence-corrected chi connectivity index (χ2v) is 11.0. The van der Waals surface area contributed by atoms with Crippen molar-refractivity contribution in [2.24, 2.45) is 0 Å². The van der Waals surface area contributed by atoms with Gasteiger partial charge in [-0.15, -0.1) is 11.3 Å². The van der Waals surface area contributed by atoms with Gasteiger partial charge in [0.15, 0.2) is 0 Å². The monoisotopic (exact) mass is 504 g/mol. The summed E-state index contributed by atoms with van der Waals surface area (Å²) in [7, 11) is 0. The molecule has 0 N–H and O–H groups in total. The summed E-state index contributed by atoms with van der Waals surface area (Å²) in [5.41, 5.74) is 3.38. The van der Waals surface area contributed by atoms with Crippen molar-refractivity contribution in [3.05, 3.63) is 87.6 Å². The molecule has 6 heteroatoms. The van der Waals surface area contributed by atoms with Crippen LogP contribution >= 0.6 is 11.3 Å². The van der Waals surface area contributed by atoms with Crippen LogP contribution in [0, 0.1) is 0 Å². The van der Waals surface area contributed by atoms with Gasteiger partial charge < -0.3 is 14.5 Å². The molecule has 1 atom stereocenters. The van der Waals surface area contributed by atoms with Crippen molar-refractivity contribution in [3.8, 4) is 5.75 Å². The van der Waals surface area contributed by atoms with Crippen LogP contribution in [0.15, 0.2) is 66.0 Å². The van der Waals surface area contributed by atoms with Gasteiger partial charge in [0, 0.05) is 17.5 Å². The van der Waals surface area contributed by atoms with Gasteiger partial charge in [0.25, 0.3) is 0 Å². The van der Waals surface area contributed by atoms with Gasteiger partial charge in [0.05, 0.1) is 12.5 Å². The van der Waals surface area contributed by atoms with Crippen molar-refractivity contribution >= 4 is 23.2 Å². The Hall–Kier alpha value is -3.12. The highest BCUT2D eigenvalue weighted by molar-refractivity contribution is 7.10. The fourth-order valence-corrected chi connectivity index (χ4v) is 5.59. The number of rotatable bonds is 9. The first-order valence-electron chi connectivity index (χ1n) is 12.8. The molecule has 0 saturated carbocycles. The first-order valence-corrected chi connectivity index (χ1v) is 13.6. The summed E-state index contributed by atoms with van der Waals surface area (Å²) in [6.45, 7) is 9.36. The molecule has 2 heterocycles. The molecule has 0 saturated heterocycles. The van der Waals surface area contributed by atoms with E-state index in [0.29, 0.717) is 25.5 Å². The molecule has 4 rings (SSSR count). The molecule has 0 bridgehead atoms. The highest BCUT2D eigenvalue weighted by Gasteiger charge is 2.34. The van der Waals surface area contributed by atoms with Crippen molar-refractivity contribution in [2.75, 3.05) is 19.7 Å². The Kier molecular flexibility index (Phi) is 8.47. The smallest absolute Gasteiger partial charge is 0.242 e. The molecule has 2 aromatic carbocycles. The third-order valence-electron chi connectivity index (χ3n) is 6.82. The summed E-state index contributed by atoms with van der Waals surface area (Å²) in [6, 6.07) is 19.8. The lowest BCUT2D eigenvalue weighted by Gasteiger charge is -2.37. The maximum atomic E-state index is 13.6. The van der Waals surface area contributed by atoms with Crippen molar-refractivity contribution in [2.45, 2.75) is 58.5 Å². The van der Waals surface area contributed by atoms with E-state index in [4.69, 9.17) is 4.74 Å². The minimum Gasteiger partial charge on any atom is -0.491 e. The fourth-order valence-electron chi connectivity index (χ4n) is 4.67. The van der Waals surface area contributed by atoms with Crippen molar-refractivity contribution < 1.29 is 14.3 Å². The van der Waals surface area contributed by atoms with E-state index in [9.17, 15) is 9.59 Å². The van der Waals surface area contributed by atoms with Gasteiger partial charge in [-0.1, -0.05) is 56.3 Å². The molecule has 3 aromatic rings. The van der Waals surface area contributed by atoms with E-state index >= 15 is 0 Å². The van der Waals surface area contributed by atoms with Gasteiger partial charge in [0.2, 0.25) is 11.8 Å². The molecule has 0 spiro atoms. The Morgan fingerprint density at radius 3 is 2.42 bits per heavy atom. The predicted molar refractivity (Wildman–Crippen MR) is 145 cm³/mol. The van der Waals surface area contributed by atoms with Crippen LogP contribution in [0.1, 0.15) is 61.2 Å². The number of benzene rings is 2. The maximum absolute atomic E-state index is 13.6. The maximum Gasteiger partial charge on any atom is 0.242 e. The third kappa shape index (κ3) is 6.16. The number of carbonyl (C=O) groups is 2. The van der Waals surface area contributed by atoms with Gasteiger partial charge in [-0.3, -0.25) is 9.59 Å². The van der Waals surface area contributed by atoms with E-state index in [1.807, 2.05) is 61.2 Å². The third-order valence-corrected chi connectivity index (χ3v) is 7.81. The van der Waals surface area contributed by atoms with Crippen LogP contribution in [0.3, 0.4) is 0 Å². The largest absolute Gasteiger partial charge is 0.491 e. The molecule has 0 aliphatic carbocycles. The molecule has 0 radical (unpaired) electrons. The van der Waals surface area contributed by atoms with Crippen LogP contribution in [0.25, 0.3) is 0 Å². The Morgan fingerprint density at radius 2 is 1.75 bits per heavy atom. The molecule has 2 amide bonds. The minimum atomic E-state index is -0.171. The average molecular weight is 505 g/mol. The van der Waals surface area contributed by atoms with Crippen molar-refractivity contribution in [3.63, 3.8) is 0 Å². The second-order valence-electron chi connectivity index (χ2n) is 9.96. The Morgan fingerprint density at radius 1 is 1.03 bits per heavy atom. The van der Waals surface area contributed by atoms with Gasteiger partial charge in [-0.05, 0) is 66.5 Å². The molecule has 0 fully saturated rings. The van der Waals surface area contributed by atoms with Crippen LogP contribution in [0.5, 0.6) is 5.75 Å². The molecule has 1 aromatic heterocycles. The van der Waals surface area contributed by atoms with E-state index in [0.717, 1.165) is 23.3 Å². The number of nitrogens with zero attached hydrogens (tertiary/aromatic N) is 2. The number of carbonyl (C=O) groups excluding carboxylic acids is 2. The lowest BCUT2D eigenvalue weighted by molar-refractivity contribution is -0.143. The Balaban J connectivity index is 1.47. The zero-order valence-electron chi connectivity index (χ0n) is 21.6. The van der Waals surface area contributed by atoms with Crippen LogP contribution < -0.4 is 4.74 Å². The second kappa shape index (κ2) is 11.7. The number of hydrogen-bond acceptors (Lipinski definition) is 4. The summed E-state index contributed by atoms with van der Waals surface area (Å²) in [5.74, 6) is 1.20. The normalized spacial score (nSPS) is 15.2. The number of thiophene rings is 1. The molecule has 5 nitrogen and oxygen atoms in total. The van der Waals surface area contributed by atoms with E-state index < -0.39 is 0 Å². The van der Waals surface area contributed by atoms with E-state index in [-0.39, 0.29) is 30.4 Å². The Bertz CT molecular complexity index is 1150. The summed E-state index contributed by atoms with van der Waals surface area (Å²) in [4.78, 5) is 31.7. The molecule has 1 aliphatic heterocycles. The zero-order chi connectivity index (χ0) is 25.7. The number of hydrogen-bond donors (Lipinski definition) is 0.